The van der Waals surface area contributed by atoms with Crippen molar-refractivity contribution in [3.63, 3.8) is 0 Å². The van der Waals surface area contributed by atoms with E-state index in [1.54, 1.807) is 5.32 Å². The van der Waals surface area contributed by atoms with Gasteiger partial charge in [-0.25, -0.2) is 13.7 Å². The number of anilines is 1. The van der Waals surface area contributed by atoms with Gasteiger partial charge in [-0.15, -0.1) is 0 Å². The first-order valence-electron chi connectivity index (χ1n) is 12.4. The third-order valence-electron chi connectivity index (χ3n) is 5.47. The fraction of sp³-hybridized carbons (Fsp3) is 0.550. The van der Waals surface area contributed by atoms with Crippen LogP contribution in [0, 0.1) is 17.8 Å². The van der Waals surface area contributed by atoms with Gasteiger partial charge in [-0.3, -0.25) is 19.1 Å². The molecule has 2 aromatic rings. The van der Waals surface area contributed by atoms with Crippen LogP contribution in [-0.4, -0.2) is 78.2 Å². The molecule has 1 aliphatic rings. The molecule has 0 spiro atoms. The van der Waals surface area contributed by atoms with Crippen LogP contribution in [0.5, 0.6) is 0 Å². The molecular formula is C20H27F3N5O14P3. The van der Waals surface area contributed by atoms with Crippen LogP contribution in [0.2, 0.25) is 0 Å². The Morgan fingerprint density at radius 1 is 1.24 bits per heavy atom. The van der Waals surface area contributed by atoms with Gasteiger partial charge in [-0.2, -0.15) is 26.8 Å². The number of amides is 1. The number of nitrogen functional groups attached to an aromatic ring is 1. The van der Waals surface area contributed by atoms with E-state index < -0.39 is 72.7 Å². The summed E-state index contributed by atoms with van der Waals surface area (Å²) in [6.45, 7) is 2.22. The first kappa shape index (κ1) is 36.8. The van der Waals surface area contributed by atoms with Gasteiger partial charge in [0, 0.05) is 19.2 Å². The van der Waals surface area contributed by atoms with Crippen LogP contribution < -0.4 is 16.6 Å². The van der Waals surface area contributed by atoms with Crippen molar-refractivity contribution in [1.82, 2.24) is 19.9 Å². The molecule has 5 atom stereocenters. The Morgan fingerprint density at radius 2 is 1.91 bits per heavy atom. The maximum atomic E-state index is 12.7. The van der Waals surface area contributed by atoms with Crippen molar-refractivity contribution in [3.05, 3.63) is 22.1 Å². The van der Waals surface area contributed by atoms with E-state index in [1.165, 1.54) is 10.8 Å². The van der Waals surface area contributed by atoms with Gasteiger partial charge in [0.15, 0.2) is 5.65 Å². The number of nitrogens with two attached hydrogens (primary N) is 1. The van der Waals surface area contributed by atoms with E-state index in [0.29, 0.717) is 0 Å². The molecule has 0 aliphatic carbocycles. The van der Waals surface area contributed by atoms with Crippen LogP contribution in [0.1, 0.15) is 32.1 Å². The largest absolute Gasteiger partial charge is 0.490 e. The van der Waals surface area contributed by atoms with Crippen molar-refractivity contribution in [1.29, 1.82) is 0 Å². The fourth-order valence-corrected chi connectivity index (χ4v) is 6.86. The van der Waals surface area contributed by atoms with Gasteiger partial charge in [-0.05, 0) is 5.92 Å². The second-order valence-corrected chi connectivity index (χ2v) is 14.0. The molecule has 3 rings (SSSR count). The Balaban J connectivity index is 1.88. The monoisotopic (exact) mass is 711 g/mol. The summed E-state index contributed by atoms with van der Waals surface area (Å²) in [7, 11) is -16.9. The van der Waals surface area contributed by atoms with Crippen molar-refractivity contribution >= 4 is 46.4 Å². The van der Waals surface area contributed by atoms with Crippen LogP contribution in [-0.2, 0) is 41.1 Å². The van der Waals surface area contributed by atoms with Crippen LogP contribution in [0.25, 0.3) is 11.0 Å². The van der Waals surface area contributed by atoms with Crippen LogP contribution >= 0.6 is 23.5 Å². The van der Waals surface area contributed by atoms with E-state index in [2.05, 4.69) is 30.4 Å². The highest BCUT2D eigenvalue weighted by Gasteiger charge is 2.44. The molecule has 25 heteroatoms. The highest BCUT2D eigenvalue weighted by atomic mass is 31.3. The molecule has 0 bridgehead atoms. The molecular weight excluding hydrogens is 684 g/mol. The molecule has 1 saturated heterocycles. The number of carbonyl (C=O) groups excluding carboxylic acids is 1. The van der Waals surface area contributed by atoms with Gasteiger partial charge in [-0.1, -0.05) is 25.7 Å². The number of nitrogens with one attached hydrogen (secondary N) is 2. The average molecular weight is 711 g/mol. The Kier molecular flexibility index (Phi) is 11.5. The quantitative estimate of drug-likeness (QED) is 0.119. The number of aromatic nitrogens is 3. The number of H-pyrrole nitrogens is 1. The maximum Gasteiger partial charge on any atom is 0.490 e. The molecule has 3 unspecified atom stereocenters. The number of phosphoric acid groups is 3. The molecule has 0 aromatic carbocycles. The number of carbonyl (C=O) groups is 1. The third-order valence-corrected chi connectivity index (χ3v) is 9.27. The van der Waals surface area contributed by atoms with Gasteiger partial charge >= 0.3 is 35.6 Å². The van der Waals surface area contributed by atoms with Crippen molar-refractivity contribution in [2.75, 3.05) is 25.5 Å². The number of hydrogen-bond acceptors (Lipinski definition) is 12. The zero-order chi connectivity index (χ0) is 34.0. The number of nitrogens with zero attached hydrogens (tertiary/aromatic N) is 2. The molecule has 45 heavy (non-hydrogen) atoms. The van der Waals surface area contributed by atoms with E-state index >= 15 is 0 Å². The first-order chi connectivity index (χ1) is 20.6. The van der Waals surface area contributed by atoms with Gasteiger partial charge in [0.2, 0.25) is 5.95 Å². The summed E-state index contributed by atoms with van der Waals surface area (Å²) >= 11 is 0. The van der Waals surface area contributed by atoms with Crippen LogP contribution in [0.4, 0.5) is 19.1 Å². The second-order valence-electron chi connectivity index (χ2n) is 9.60. The second kappa shape index (κ2) is 14.0. The van der Waals surface area contributed by atoms with Crippen molar-refractivity contribution < 1.29 is 73.9 Å². The topological polar surface area (TPSA) is 284 Å². The molecule has 252 valence electrons. The van der Waals surface area contributed by atoms with E-state index in [-0.39, 0.29) is 41.5 Å². The number of fused-ring (bicyclic) bond motifs is 1. The molecule has 0 radical (unpaired) electrons. The smallest absolute Gasteiger partial charge is 0.375 e. The van der Waals surface area contributed by atoms with Crippen molar-refractivity contribution in [3.8, 4) is 11.8 Å². The van der Waals surface area contributed by atoms with E-state index in [0.717, 1.165) is 0 Å². The number of halogens is 3. The zero-order valence-electron chi connectivity index (χ0n) is 23.0. The molecule has 1 aliphatic heterocycles. The number of aromatic amines is 1. The molecule has 19 nitrogen and oxygen atoms in total. The predicted molar refractivity (Wildman–Crippen MR) is 144 cm³/mol. The van der Waals surface area contributed by atoms with Gasteiger partial charge < -0.3 is 44.7 Å². The molecule has 1 fully saturated rings. The van der Waals surface area contributed by atoms with Gasteiger partial charge in [0.25, 0.3) is 5.56 Å². The number of hydrogen-bond donors (Lipinski definition) is 7. The molecule has 2 aromatic heterocycles. The van der Waals surface area contributed by atoms with E-state index in [9.17, 15) is 46.2 Å². The fourth-order valence-electron chi connectivity index (χ4n) is 3.83. The summed E-state index contributed by atoms with van der Waals surface area (Å²) in [6.07, 6.45) is -7.05. The first-order valence-corrected chi connectivity index (χ1v) is 16.9. The van der Waals surface area contributed by atoms with Gasteiger partial charge in [0.1, 0.15) is 12.3 Å². The SMILES string of the molecule is CC(C)COC1C[C@H](n2cc(C#CCNC(=O)C(F)(F)F)c3c(=O)[nH]c(N)nc32)O[C@@H]1COP(=O)(O)OP(=O)(O)OP(=O)(O)O. The normalized spacial score (nSPS) is 21.7. The summed E-state index contributed by atoms with van der Waals surface area (Å²) in [4.78, 5) is 66.6. The van der Waals surface area contributed by atoms with Crippen LogP contribution in [0.3, 0.4) is 0 Å². The Morgan fingerprint density at radius 3 is 2.51 bits per heavy atom. The van der Waals surface area contributed by atoms with Crippen LogP contribution in [0.15, 0.2) is 11.0 Å². The predicted octanol–water partition coefficient (Wildman–Crippen LogP) is 1.01. The van der Waals surface area contributed by atoms with Crippen molar-refractivity contribution in [2.45, 2.75) is 44.9 Å². The number of ether oxygens (including phenoxy) is 2. The standard InChI is InChI=1S/C20H27F3N5O14P3/c1-10(2)8-38-12-6-14(40-13(12)9-39-44(34,35)42-45(36,37)41-43(31,32)33)28-7-11(4-3-5-25-18(30)20(21,22)23)15-16(28)26-19(24)27-17(15)29/h7,10,12-14H,5-6,8-9H2,1-2H3,(H,25,30)(H,34,35)(H,36,37)(H2,31,32,33)(H3,24,26,27,29)/t12?,13-,14-/m1/s1. The lowest BCUT2D eigenvalue weighted by atomic mass is 10.1. The minimum Gasteiger partial charge on any atom is -0.375 e. The number of phosphoric ester groups is 1. The lowest BCUT2D eigenvalue weighted by molar-refractivity contribution is -0.173. The summed E-state index contributed by atoms with van der Waals surface area (Å²) in [6, 6.07) is 0. The lowest BCUT2D eigenvalue weighted by Gasteiger charge is -2.21. The highest BCUT2D eigenvalue weighted by molar-refractivity contribution is 7.66. The highest BCUT2D eigenvalue weighted by Crippen LogP contribution is 2.66. The number of rotatable bonds is 12. The Bertz CT molecular complexity index is 1680. The summed E-state index contributed by atoms with van der Waals surface area (Å²) in [5.74, 6) is 2.22. The molecule has 1 amide bonds. The zero-order valence-corrected chi connectivity index (χ0v) is 25.7. The average Bonchev–Trinajstić information content (AvgIpc) is 3.42. The maximum absolute atomic E-state index is 12.7. The molecule has 3 heterocycles. The van der Waals surface area contributed by atoms with E-state index in [4.69, 9.17) is 29.5 Å². The summed E-state index contributed by atoms with van der Waals surface area (Å²) < 4.78 is 97.2. The minimum atomic E-state index is -5.78. The van der Waals surface area contributed by atoms with Crippen molar-refractivity contribution in [2.24, 2.45) is 5.92 Å². The summed E-state index contributed by atoms with van der Waals surface area (Å²) in [5, 5.41) is 1.42. The lowest BCUT2D eigenvalue weighted by Crippen LogP contribution is -2.36. The Hall–Kier alpha value is -2.63. The third kappa shape index (κ3) is 10.7. The minimum absolute atomic E-state index is 0.00453. The summed E-state index contributed by atoms with van der Waals surface area (Å²) in [5.41, 5.74) is 4.79. The van der Waals surface area contributed by atoms with Gasteiger partial charge in [0.05, 0.1) is 30.2 Å². The molecule has 8 N–H and O–H groups in total. The van der Waals surface area contributed by atoms with E-state index in [1.807, 2.05) is 13.8 Å². The molecule has 0 saturated carbocycles. The number of alkyl halides is 3. The Labute approximate surface area is 250 Å².